The number of amides is 1. The van der Waals surface area contributed by atoms with E-state index in [-0.39, 0.29) is 23.3 Å². The molecular formula is C20H23BrN2O3S2. The first-order valence-electron chi connectivity index (χ1n) is 9.46. The first-order valence-corrected chi connectivity index (χ1v) is 12.9. The Morgan fingerprint density at radius 1 is 1.07 bits per heavy atom. The number of hydrogen-bond donors (Lipinski definition) is 0. The molecule has 1 atom stereocenters. The summed E-state index contributed by atoms with van der Waals surface area (Å²) >= 11 is 5.28. The van der Waals surface area contributed by atoms with Gasteiger partial charge in [0.15, 0.2) is 9.84 Å². The highest BCUT2D eigenvalue weighted by molar-refractivity contribution is 9.10. The van der Waals surface area contributed by atoms with Crippen LogP contribution in [0.2, 0.25) is 0 Å². The van der Waals surface area contributed by atoms with Crippen molar-refractivity contribution in [3.05, 3.63) is 45.7 Å². The topological polar surface area (TPSA) is 57.7 Å². The Labute approximate surface area is 178 Å². The summed E-state index contributed by atoms with van der Waals surface area (Å²) in [6.07, 6.45) is 0.482. The summed E-state index contributed by atoms with van der Waals surface area (Å²) in [5, 5.41) is 0. The molecule has 0 N–H and O–H groups in total. The van der Waals surface area contributed by atoms with E-state index in [2.05, 4.69) is 57.2 Å². The molecule has 1 amide bonds. The molecule has 1 unspecified atom stereocenters. The van der Waals surface area contributed by atoms with E-state index < -0.39 is 9.84 Å². The maximum absolute atomic E-state index is 12.6. The van der Waals surface area contributed by atoms with Gasteiger partial charge in [0.25, 0.3) is 0 Å². The molecule has 150 valence electrons. The van der Waals surface area contributed by atoms with Gasteiger partial charge in [-0.25, -0.2) is 8.42 Å². The van der Waals surface area contributed by atoms with Crippen LogP contribution in [0.1, 0.15) is 11.3 Å². The van der Waals surface area contributed by atoms with Gasteiger partial charge < -0.3 is 4.90 Å². The maximum Gasteiger partial charge on any atom is 0.226 e. The van der Waals surface area contributed by atoms with Gasteiger partial charge in [-0.1, -0.05) is 28.1 Å². The number of thiophene rings is 1. The van der Waals surface area contributed by atoms with Gasteiger partial charge in [0.05, 0.1) is 17.4 Å². The van der Waals surface area contributed by atoms with Crippen molar-refractivity contribution in [1.82, 2.24) is 9.80 Å². The molecule has 0 bridgehead atoms. The van der Waals surface area contributed by atoms with E-state index >= 15 is 0 Å². The van der Waals surface area contributed by atoms with E-state index in [1.54, 1.807) is 0 Å². The predicted octanol–water partition coefficient (Wildman–Crippen LogP) is 3.26. The second-order valence-electron chi connectivity index (χ2n) is 7.47. The molecule has 0 spiro atoms. The summed E-state index contributed by atoms with van der Waals surface area (Å²) in [6.45, 7) is 3.91. The third kappa shape index (κ3) is 4.67. The fourth-order valence-electron chi connectivity index (χ4n) is 3.83. The largest absolute Gasteiger partial charge is 0.340 e. The molecule has 3 heterocycles. The molecule has 28 heavy (non-hydrogen) atoms. The number of piperazine rings is 1. The number of benzene rings is 1. The minimum atomic E-state index is -3.01. The molecule has 2 aromatic rings. The molecular weight excluding hydrogens is 460 g/mol. The minimum absolute atomic E-state index is 0.0226. The van der Waals surface area contributed by atoms with Gasteiger partial charge in [-0.3, -0.25) is 9.69 Å². The van der Waals surface area contributed by atoms with Crippen molar-refractivity contribution in [3.63, 3.8) is 0 Å². The van der Waals surface area contributed by atoms with E-state index in [1.807, 2.05) is 16.2 Å². The maximum atomic E-state index is 12.6. The van der Waals surface area contributed by atoms with E-state index in [4.69, 9.17) is 0 Å². The Bertz CT molecular complexity index is 948. The Balaban J connectivity index is 1.30. The van der Waals surface area contributed by atoms with Crippen molar-refractivity contribution >= 4 is 43.0 Å². The summed E-state index contributed by atoms with van der Waals surface area (Å²) in [4.78, 5) is 19.4. The quantitative estimate of drug-likeness (QED) is 0.670. The van der Waals surface area contributed by atoms with Gasteiger partial charge >= 0.3 is 0 Å². The Hall–Kier alpha value is -1.22. The number of carbonyl (C=O) groups is 1. The number of rotatable bonds is 4. The molecule has 4 rings (SSSR count). The summed E-state index contributed by atoms with van der Waals surface area (Å²) in [6, 6.07) is 12.7. The lowest BCUT2D eigenvalue weighted by atomic mass is 10.1. The average Bonchev–Trinajstić information content (AvgIpc) is 3.29. The van der Waals surface area contributed by atoms with Crippen LogP contribution in [0.5, 0.6) is 0 Å². The van der Waals surface area contributed by atoms with Crippen molar-refractivity contribution in [2.75, 3.05) is 37.7 Å². The van der Waals surface area contributed by atoms with Crippen LogP contribution < -0.4 is 0 Å². The van der Waals surface area contributed by atoms with Crippen LogP contribution in [-0.4, -0.2) is 61.8 Å². The molecule has 1 aromatic heterocycles. The molecule has 8 heteroatoms. The van der Waals surface area contributed by atoms with E-state index in [0.29, 0.717) is 19.5 Å². The third-order valence-electron chi connectivity index (χ3n) is 5.44. The Morgan fingerprint density at radius 3 is 2.43 bits per heavy atom. The molecule has 2 saturated heterocycles. The smallest absolute Gasteiger partial charge is 0.226 e. The van der Waals surface area contributed by atoms with Crippen molar-refractivity contribution < 1.29 is 13.2 Å². The van der Waals surface area contributed by atoms with Crippen molar-refractivity contribution in [3.8, 4) is 10.4 Å². The SMILES string of the molecule is O=C(C1CCS(=O)(=O)C1)N1CCN(Cc2ccc(-c3ccc(Br)cc3)s2)CC1. The van der Waals surface area contributed by atoms with Crippen molar-refractivity contribution in [2.45, 2.75) is 13.0 Å². The number of carbonyl (C=O) groups excluding carboxylic acids is 1. The summed E-state index contributed by atoms with van der Waals surface area (Å²) in [7, 11) is -3.01. The van der Waals surface area contributed by atoms with Gasteiger partial charge in [0.2, 0.25) is 5.91 Å². The number of hydrogen-bond acceptors (Lipinski definition) is 5. The summed E-state index contributed by atoms with van der Waals surface area (Å²) < 4.78 is 24.3. The molecule has 2 aliphatic heterocycles. The molecule has 0 aliphatic carbocycles. The predicted molar refractivity (Wildman–Crippen MR) is 116 cm³/mol. The van der Waals surface area contributed by atoms with Gasteiger partial charge in [0, 0.05) is 47.0 Å². The van der Waals surface area contributed by atoms with Crippen molar-refractivity contribution in [2.24, 2.45) is 5.92 Å². The number of nitrogens with zero attached hydrogens (tertiary/aromatic N) is 2. The van der Waals surface area contributed by atoms with Crippen LogP contribution in [0.25, 0.3) is 10.4 Å². The lowest BCUT2D eigenvalue weighted by Crippen LogP contribution is -2.50. The lowest BCUT2D eigenvalue weighted by Gasteiger charge is -2.35. The van der Waals surface area contributed by atoms with E-state index in [1.165, 1.54) is 15.3 Å². The highest BCUT2D eigenvalue weighted by Crippen LogP contribution is 2.30. The zero-order valence-corrected chi connectivity index (χ0v) is 18.7. The van der Waals surface area contributed by atoms with Crippen LogP contribution >= 0.6 is 27.3 Å². The van der Waals surface area contributed by atoms with Crippen molar-refractivity contribution in [1.29, 1.82) is 0 Å². The van der Waals surface area contributed by atoms with E-state index in [0.717, 1.165) is 24.1 Å². The molecule has 2 aliphatic rings. The highest BCUT2D eigenvalue weighted by atomic mass is 79.9. The van der Waals surface area contributed by atoms with Gasteiger partial charge in [-0.05, 0) is 36.2 Å². The molecule has 2 fully saturated rings. The minimum Gasteiger partial charge on any atom is -0.340 e. The van der Waals surface area contributed by atoms with Crippen LogP contribution in [0.3, 0.4) is 0 Å². The van der Waals surface area contributed by atoms with Gasteiger partial charge in [0.1, 0.15) is 0 Å². The molecule has 0 saturated carbocycles. The second-order valence-corrected chi connectivity index (χ2v) is 11.8. The fraction of sp³-hybridized carbons (Fsp3) is 0.450. The van der Waals surface area contributed by atoms with Gasteiger partial charge in [-0.15, -0.1) is 11.3 Å². The van der Waals surface area contributed by atoms with E-state index in [9.17, 15) is 13.2 Å². The van der Waals surface area contributed by atoms with Gasteiger partial charge in [-0.2, -0.15) is 0 Å². The fourth-order valence-corrected chi connectivity index (χ4v) is 6.88. The normalized spacial score (nSPS) is 22.5. The zero-order chi connectivity index (χ0) is 19.7. The molecule has 0 radical (unpaired) electrons. The first kappa shape index (κ1) is 20.1. The summed E-state index contributed by atoms with van der Waals surface area (Å²) in [5.41, 5.74) is 1.22. The van der Waals surface area contributed by atoms with Crippen LogP contribution in [-0.2, 0) is 21.2 Å². The third-order valence-corrected chi connectivity index (χ3v) is 8.85. The van der Waals surface area contributed by atoms with Crippen LogP contribution in [0, 0.1) is 5.92 Å². The Morgan fingerprint density at radius 2 is 1.79 bits per heavy atom. The average molecular weight is 483 g/mol. The highest BCUT2D eigenvalue weighted by Gasteiger charge is 2.36. The molecule has 1 aromatic carbocycles. The number of sulfone groups is 1. The lowest BCUT2D eigenvalue weighted by molar-refractivity contribution is -0.136. The van der Waals surface area contributed by atoms with Crippen LogP contribution in [0.4, 0.5) is 0 Å². The summed E-state index contributed by atoms with van der Waals surface area (Å²) in [5.74, 6) is -0.126. The monoisotopic (exact) mass is 482 g/mol. The van der Waals surface area contributed by atoms with Crippen LogP contribution in [0.15, 0.2) is 40.9 Å². The zero-order valence-electron chi connectivity index (χ0n) is 15.5. The Kier molecular flexibility index (Phi) is 5.92. The second kappa shape index (κ2) is 8.26. The standard InChI is InChI=1S/C20H23BrN2O3S2/c21-17-3-1-15(2-4-17)19-6-5-18(27-19)13-22-8-10-23(11-9-22)20(24)16-7-12-28(25,26)14-16/h1-6,16H,7-14H2. The molecule has 5 nitrogen and oxygen atoms in total. The number of halogens is 1. The first-order chi connectivity index (χ1) is 13.4.